The fourth-order valence-electron chi connectivity index (χ4n) is 1.58. The van der Waals surface area contributed by atoms with Crippen LogP contribution in [0.15, 0.2) is 16.6 Å². The van der Waals surface area contributed by atoms with Crippen LogP contribution in [-0.4, -0.2) is 18.3 Å². The maximum Gasteiger partial charge on any atom is 0.0512 e. The Kier molecular flexibility index (Phi) is 4.11. The number of hydrogen-bond donors (Lipinski definition) is 2. The van der Waals surface area contributed by atoms with Gasteiger partial charge in [-0.1, -0.05) is 28.1 Å². The van der Waals surface area contributed by atoms with Crippen LogP contribution >= 0.6 is 15.9 Å². The predicted octanol–water partition coefficient (Wildman–Crippen LogP) is 2.10. The van der Waals surface area contributed by atoms with Crippen molar-refractivity contribution in [1.82, 2.24) is 0 Å². The van der Waals surface area contributed by atoms with Gasteiger partial charge >= 0.3 is 0 Å². The van der Waals surface area contributed by atoms with Crippen LogP contribution < -0.4 is 5.73 Å². The van der Waals surface area contributed by atoms with Gasteiger partial charge in [0.1, 0.15) is 0 Å². The normalized spacial score (nSPS) is 12.9. The van der Waals surface area contributed by atoms with Gasteiger partial charge in [0.15, 0.2) is 0 Å². The van der Waals surface area contributed by atoms with Gasteiger partial charge < -0.3 is 10.8 Å². The molecular formula is C11H16BrNO. The first-order chi connectivity index (χ1) is 6.61. The highest BCUT2D eigenvalue weighted by Gasteiger charge is 2.13. The molecule has 0 aliphatic rings. The van der Waals surface area contributed by atoms with Gasteiger partial charge in [-0.25, -0.2) is 0 Å². The molecule has 0 aliphatic heterocycles. The lowest BCUT2D eigenvalue weighted by Gasteiger charge is -2.16. The van der Waals surface area contributed by atoms with Crippen molar-refractivity contribution in [2.45, 2.75) is 19.8 Å². The SMILES string of the molecule is Cc1ccc(C(CN)CO)c(C)c1Br. The summed E-state index contributed by atoms with van der Waals surface area (Å²) in [6, 6.07) is 4.09. The van der Waals surface area contributed by atoms with Gasteiger partial charge in [0, 0.05) is 16.9 Å². The zero-order valence-electron chi connectivity index (χ0n) is 8.55. The van der Waals surface area contributed by atoms with Gasteiger partial charge in [-0.15, -0.1) is 0 Å². The molecule has 0 saturated heterocycles. The second-order valence-electron chi connectivity index (χ2n) is 3.53. The van der Waals surface area contributed by atoms with E-state index in [9.17, 15) is 0 Å². The number of rotatable bonds is 3. The van der Waals surface area contributed by atoms with Gasteiger partial charge in [-0.05, 0) is 30.5 Å². The first-order valence-corrected chi connectivity index (χ1v) is 5.47. The van der Waals surface area contributed by atoms with Gasteiger partial charge in [-0.3, -0.25) is 0 Å². The third-order valence-corrected chi connectivity index (χ3v) is 3.79. The van der Waals surface area contributed by atoms with E-state index in [1.54, 1.807) is 0 Å². The lowest BCUT2D eigenvalue weighted by molar-refractivity contribution is 0.267. The van der Waals surface area contributed by atoms with Crippen LogP contribution in [0.2, 0.25) is 0 Å². The third-order valence-electron chi connectivity index (χ3n) is 2.57. The maximum atomic E-state index is 9.17. The number of benzene rings is 1. The fourth-order valence-corrected chi connectivity index (χ4v) is 1.94. The summed E-state index contributed by atoms with van der Waals surface area (Å²) in [5.74, 6) is 0.0481. The Bertz CT molecular complexity index is 321. The molecule has 1 aromatic rings. The van der Waals surface area contributed by atoms with E-state index in [4.69, 9.17) is 10.8 Å². The first kappa shape index (κ1) is 11.7. The quantitative estimate of drug-likeness (QED) is 0.872. The Balaban J connectivity index is 3.16. The van der Waals surface area contributed by atoms with Gasteiger partial charge in [0.25, 0.3) is 0 Å². The molecule has 0 aromatic heterocycles. The molecule has 3 heteroatoms. The van der Waals surface area contributed by atoms with E-state index in [0.29, 0.717) is 6.54 Å². The molecule has 0 radical (unpaired) electrons. The summed E-state index contributed by atoms with van der Waals surface area (Å²) in [7, 11) is 0. The Morgan fingerprint density at radius 2 is 2.07 bits per heavy atom. The molecular weight excluding hydrogens is 242 g/mol. The van der Waals surface area contributed by atoms with Crippen LogP contribution in [0.25, 0.3) is 0 Å². The Morgan fingerprint density at radius 3 is 2.57 bits per heavy atom. The molecule has 1 rings (SSSR count). The Labute approximate surface area is 93.3 Å². The minimum Gasteiger partial charge on any atom is -0.396 e. The second-order valence-corrected chi connectivity index (χ2v) is 4.32. The number of halogens is 1. The molecule has 0 amide bonds. The predicted molar refractivity (Wildman–Crippen MR) is 62.5 cm³/mol. The maximum absolute atomic E-state index is 9.17. The summed E-state index contributed by atoms with van der Waals surface area (Å²) in [4.78, 5) is 0. The van der Waals surface area contributed by atoms with Crippen molar-refractivity contribution in [3.8, 4) is 0 Å². The van der Waals surface area contributed by atoms with Crippen LogP contribution in [0, 0.1) is 13.8 Å². The standard InChI is InChI=1S/C11H16BrNO/c1-7-3-4-10(8(2)11(7)12)9(5-13)6-14/h3-4,9,14H,5-6,13H2,1-2H3. The zero-order chi connectivity index (χ0) is 10.7. The fraction of sp³-hybridized carbons (Fsp3) is 0.455. The molecule has 2 nitrogen and oxygen atoms in total. The summed E-state index contributed by atoms with van der Waals surface area (Å²) in [6.07, 6.45) is 0. The Morgan fingerprint density at radius 1 is 1.43 bits per heavy atom. The van der Waals surface area contributed by atoms with Crippen molar-refractivity contribution in [1.29, 1.82) is 0 Å². The monoisotopic (exact) mass is 257 g/mol. The van der Waals surface area contributed by atoms with Crippen LogP contribution in [0.4, 0.5) is 0 Å². The van der Waals surface area contributed by atoms with E-state index in [2.05, 4.69) is 22.9 Å². The molecule has 1 unspecified atom stereocenters. The van der Waals surface area contributed by atoms with E-state index in [1.807, 2.05) is 19.1 Å². The van der Waals surface area contributed by atoms with Crippen LogP contribution in [0.3, 0.4) is 0 Å². The molecule has 1 aromatic carbocycles. The molecule has 0 saturated carbocycles. The van der Waals surface area contributed by atoms with Crippen molar-refractivity contribution in [3.63, 3.8) is 0 Å². The number of aliphatic hydroxyl groups is 1. The average Bonchev–Trinajstić information content (AvgIpc) is 2.19. The first-order valence-electron chi connectivity index (χ1n) is 4.68. The van der Waals surface area contributed by atoms with Crippen molar-refractivity contribution in [2.24, 2.45) is 5.73 Å². The number of aliphatic hydroxyl groups excluding tert-OH is 1. The highest BCUT2D eigenvalue weighted by Crippen LogP contribution is 2.28. The smallest absolute Gasteiger partial charge is 0.0512 e. The van der Waals surface area contributed by atoms with Gasteiger partial charge in [0.05, 0.1) is 6.61 Å². The molecule has 0 heterocycles. The van der Waals surface area contributed by atoms with Gasteiger partial charge in [0.2, 0.25) is 0 Å². The summed E-state index contributed by atoms with van der Waals surface area (Å²) in [6.45, 7) is 4.68. The van der Waals surface area contributed by atoms with Crippen molar-refractivity contribution in [3.05, 3.63) is 33.3 Å². The summed E-state index contributed by atoms with van der Waals surface area (Å²) < 4.78 is 1.11. The largest absolute Gasteiger partial charge is 0.396 e. The number of nitrogens with two attached hydrogens (primary N) is 1. The van der Waals surface area contributed by atoms with E-state index in [-0.39, 0.29) is 12.5 Å². The highest BCUT2D eigenvalue weighted by molar-refractivity contribution is 9.10. The van der Waals surface area contributed by atoms with E-state index in [1.165, 1.54) is 11.1 Å². The van der Waals surface area contributed by atoms with Gasteiger partial charge in [-0.2, -0.15) is 0 Å². The van der Waals surface area contributed by atoms with Crippen LogP contribution in [-0.2, 0) is 0 Å². The lowest BCUT2D eigenvalue weighted by atomic mass is 9.94. The minimum absolute atomic E-state index is 0.0481. The second kappa shape index (κ2) is 4.91. The average molecular weight is 258 g/mol. The number of aryl methyl sites for hydroxylation is 1. The van der Waals surface area contributed by atoms with Crippen molar-refractivity contribution < 1.29 is 5.11 Å². The van der Waals surface area contributed by atoms with Crippen molar-refractivity contribution in [2.75, 3.05) is 13.2 Å². The topological polar surface area (TPSA) is 46.2 Å². The summed E-state index contributed by atoms with van der Waals surface area (Å²) >= 11 is 3.53. The van der Waals surface area contributed by atoms with Crippen LogP contribution in [0.5, 0.6) is 0 Å². The molecule has 0 bridgehead atoms. The summed E-state index contributed by atoms with van der Waals surface area (Å²) in [5, 5.41) is 9.17. The molecule has 3 N–H and O–H groups in total. The molecule has 0 aliphatic carbocycles. The molecule has 1 atom stereocenters. The molecule has 0 fully saturated rings. The van der Waals surface area contributed by atoms with E-state index in [0.717, 1.165) is 10.0 Å². The van der Waals surface area contributed by atoms with E-state index >= 15 is 0 Å². The Hall–Kier alpha value is -0.380. The molecule has 14 heavy (non-hydrogen) atoms. The molecule has 0 spiro atoms. The minimum atomic E-state index is 0.0481. The third kappa shape index (κ3) is 2.16. The highest BCUT2D eigenvalue weighted by atomic mass is 79.9. The van der Waals surface area contributed by atoms with E-state index < -0.39 is 0 Å². The summed E-state index contributed by atoms with van der Waals surface area (Å²) in [5.41, 5.74) is 9.11. The van der Waals surface area contributed by atoms with Crippen LogP contribution in [0.1, 0.15) is 22.6 Å². The lowest BCUT2D eigenvalue weighted by Crippen LogP contribution is -2.17. The van der Waals surface area contributed by atoms with Crippen molar-refractivity contribution >= 4 is 15.9 Å². The zero-order valence-corrected chi connectivity index (χ0v) is 10.1. The number of hydrogen-bond acceptors (Lipinski definition) is 2. The molecule has 78 valence electrons.